The lowest BCUT2D eigenvalue weighted by atomic mass is 10.3. The van der Waals surface area contributed by atoms with Crippen molar-refractivity contribution in [1.29, 1.82) is 0 Å². The molecule has 1 aliphatic rings. The van der Waals surface area contributed by atoms with E-state index in [1.165, 1.54) is 19.0 Å². The van der Waals surface area contributed by atoms with Gasteiger partial charge < -0.3 is 14.4 Å². The molecule has 0 N–H and O–H groups in total. The standard InChI is InChI=1S/C12H25IN2O2Si/c1-11(13)15-8-4-6-14(10-15)7-5-9-18-12(16-2)17-3/h4,8,11-12H,5-7,9-10,18H2,1-3H3. The smallest absolute Gasteiger partial charge is 0.134 e. The van der Waals surface area contributed by atoms with E-state index in [0.717, 1.165) is 13.2 Å². The quantitative estimate of drug-likeness (QED) is 0.158. The molecule has 106 valence electrons. The highest BCUT2D eigenvalue weighted by molar-refractivity contribution is 14.1. The summed E-state index contributed by atoms with van der Waals surface area (Å²) in [4.78, 5) is 4.87. The van der Waals surface area contributed by atoms with Crippen molar-refractivity contribution in [2.24, 2.45) is 0 Å². The minimum atomic E-state index is -0.254. The molecule has 0 fully saturated rings. The molecule has 1 heterocycles. The largest absolute Gasteiger partial charge is 0.360 e. The van der Waals surface area contributed by atoms with Gasteiger partial charge in [0, 0.05) is 20.8 Å². The summed E-state index contributed by atoms with van der Waals surface area (Å²) in [7, 11) is 3.21. The minimum Gasteiger partial charge on any atom is -0.360 e. The summed E-state index contributed by atoms with van der Waals surface area (Å²) in [5.74, 6) is 0.0946. The Morgan fingerprint density at radius 2 is 2.11 bits per heavy atom. The fourth-order valence-electron chi connectivity index (χ4n) is 2.04. The van der Waals surface area contributed by atoms with Crippen LogP contribution in [0.2, 0.25) is 6.04 Å². The molecule has 1 rings (SSSR count). The van der Waals surface area contributed by atoms with Crippen LogP contribution in [0, 0.1) is 0 Å². The number of methoxy groups -OCH3 is 2. The first-order valence-corrected chi connectivity index (χ1v) is 9.58. The molecule has 1 aliphatic heterocycles. The average molecular weight is 384 g/mol. The first kappa shape index (κ1) is 16.4. The molecule has 0 radical (unpaired) electrons. The molecule has 0 aliphatic carbocycles. The Labute approximate surface area is 127 Å². The van der Waals surface area contributed by atoms with E-state index in [1.54, 1.807) is 14.2 Å². The van der Waals surface area contributed by atoms with Gasteiger partial charge in [-0.2, -0.15) is 0 Å². The normalized spacial score (nSPS) is 19.3. The lowest BCUT2D eigenvalue weighted by molar-refractivity contribution is -0.0441. The van der Waals surface area contributed by atoms with Crippen molar-refractivity contribution in [3.8, 4) is 0 Å². The van der Waals surface area contributed by atoms with Crippen molar-refractivity contribution in [3.05, 3.63) is 12.3 Å². The highest BCUT2D eigenvalue weighted by atomic mass is 127. The molecule has 0 saturated heterocycles. The van der Waals surface area contributed by atoms with E-state index in [4.69, 9.17) is 9.47 Å². The van der Waals surface area contributed by atoms with Crippen LogP contribution in [0.1, 0.15) is 13.3 Å². The molecule has 1 unspecified atom stereocenters. The van der Waals surface area contributed by atoms with Crippen molar-refractivity contribution >= 4 is 32.1 Å². The van der Waals surface area contributed by atoms with E-state index < -0.39 is 0 Å². The Balaban J connectivity index is 2.14. The summed E-state index contributed by atoms with van der Waals surface area (Å²) < 4.78 is 11.0. The second-order valence-electron chi connectivity index (χ2n) is 4.59. The zero-order valence-corrected chi connectivity index (χ0v) is 15.2. The molecule has 0 saturated carbocycles. The highest BCUT2D eigenvalue weighted by Gasteiger charge is 2.15. The molecule has 0 aromatic rings. The second-order valence-corrected chi connectivity index (χ2v) is 8.34. The van der Waals surface area contributed by atoms with Gasteiger partial charge in [0.15, 0.2) is 0 Å². The molecule has 4 nitrogen and oxygen atoms in total. The third kappa shape index (κ3) is 6.01. The van der Waals surface area contributed by atoms with Crippen LogP contribution in [-0.4, -0.2) is 63.3 Å². The molecular formula is C12H25IN2O2Si. The van der Waals surface area contributed by atoms with Gasteiger partial charge in [-0.15, -0.1) is 0 Å². The molecule has 0 amide bonds. The average Bonchev–Trinajstić information content (AvgIpc) is 2.39. The maximum atomic E-state index is 5.25. The van der Waals surface area contributed by atoms with Crippen LogP contribution in [0.5, 0.6) is 0 Å². The lowest BCUT2D eigenvalue weighted by Gasteiger charge is -2.34. The van der Waals surface area contributed by atoms with Crippen LogP contribution in [0.4, 0.5) is 0 Å². The van der Waals surface area contributed by atoms with Gasteiger partial charge in [0.25, 0.3) is 0 Å². The molecule has 1 atom stereocenters. The van der Waals surface area contributed by atoms with Crippen LogP contribution < -0.4 is 0 Å². The van der Waals surface area contributed by atoms with Gasteiger partial charge in [-0.3, -0.25) is 4.90 Å². The van der Waals surface area contributed by atoms with Crippen molar-refractivity contribution in [3.63, 3.8) is 0 Å². The third-order valence-electron chi connectivity index (χ3n) is 3.17. The van der Waals surface area contributed by atoms with Crippen LogP contribution in [0.3, 0.4) is 0 Å². The Morgan fingerprint density at radius 1 is 1.39 bits per heavy atom. The summed E-state index contributed by atoms with van der Waals surface area (Å²) in [6.45, 7) is 5.54. The number of ether oxygens (including phenoxy) is 2. The van der Waals surface area contributed by atoms with E-state index in [2.05, 4.69) is 51.6 Å². The molecule has 0 spiro atoms. The maximum Gasteiger partial charge on any atom is 0.134 e. The predicted octanol–water partition coefficient (Wildman–Crippen LogP) is 1.41. The SMILES string of the molecule is COC(OC)[SiH2]CCCN1CC=CN(C(C)I)C1. The first-order valence-electron chi connectivity index (χ1n) is 6.51. The fraction of sp³-hybridized carbons (Fsp3) is 0.833. The minimum absolute atomic E-state index is 0.0946. The van der Waals surface area contributed by atoms with Gasteiger partial charge >= 0.3 is 0 Å². The van der Waals surface area contributed by atoms with Crippen LogP contribution in [0.15, 0.2) is 12.3 Å². The first-order chi connectivity index (χ1) is 8.67. The molecular weight excluding hydrogens is 359 g/mol. The maximum absolute atomic E-state index is 5.25. The molecule has 0 aromatic heterocycles. The van der Waals surface area contributed by atoms with Gasteiger partial charge in [0.2, 0.25) is 0 Å². The number of halogens is 1. The second kappa shape index (κ2) is 9.30. The van der Waals surface area contributed by atoms with Crippen molar-refractivity contribution < 1.29 is 9.47 Å². The summed E-state index contributed by atoms with van der Waals surface area (Å²) in [5, 5.41) is 0. The van der Waals surface area contributed by atoms with Gasteiger partial charge in [-0.05, 0) is 26.1 Å². The van der Waals surface area contributed by atoms with E-state index >= 15 is 0 Å². The summed E-state index contributed by atoms with van der Waals surface area (Å²) in [5.41, 5.74) is 0. The number of nitrogens with zero attached hydrogens (tertiary/aromatic N) is 2. The number of hydrogen-bond donors (Lipinski definition) is 0. The van der Waals surface area contributed by atoms with Crippen LogP contribution in [-0.2, 0) is 9.47 Å². The van der Waals surface area contributed by atoms with Crippen molar-refractivity contribution in [2.45, 2.75) is 29.4 Å². The molecule has 6 heteroatoms. The Hall–Kier alpha value is 0.367. The third-order valence-corrected chi connectivity index (χ3v) is 5.93. The van der Waals surface area contributed by atoms with Crippen LogP contribution >= 0.6 is 22.6 Å². The lowest BCUT2D eigenvalue weighted by Crippen LogP contribution is -2.41. The summed E-state index contributed by atoms with van der Waals surface area (Å²) in [6.07, 6.45) is 5.73. The zero-order chi connectivity index (χ0) is 13.4. The van der Waals surface area contributed by atoms with E-state index in [9.17, 15) is 0 Å². The van der Waals surface area contributed by atoms with E-state index in [1.807, 2.05) is 0 Å². The number of hydrogen-bond acceptors (Lipinski definition) is 4. The Morgan fingerprint density at radius 3 is 2.72 bits per heavy atom. The monoisotopic (exact) mass is 384 g/mol. The topological polar surface area (TPSA) is 24.9 Å². The number of alkyl halides is 1. The summed E-state index contributed by atoms with van der Waals surface area (Å²) in [6, 6.07) is 1.28. The number of rotatable bonds is 8. The van der Waals surface area contributed by atoms with E-state index in [0.29, 0.717) is 4.05 Å². The summed E-state index contributed by atoms with van der Waals surface area (Å²) >= 11 is 2.46. The van der Waals surface area contributed by atoms with Crippen molar-refractivity contribution in [1.82, 2.24) is 9.80 Å². The van der Waals surface area contributed by atoms with E-state index in [-0.39, 0.29) is 15.4 Å². The van der Waals surface area contributed by atoms with Crippen LogP contribution in [0.25, 0.3) is 0 Å². The fourth-order valence-corrected chi connectivity index (χ4v) is 3.72. The van der Waals surface area contributed by atoms with Gasteiger partial charge in [0.05, 0.1) is 20.2 Å². The van der Waals surface area contributed by atoms with Gasteiger partial charge in [-0.25, -0.2) is 0 Å². The Kier molecular flexibility index (Phi) is 8.48. The van der Waals surface area contributed by atoms with Crippen molar-refractivity contribution in [2.75, 3.05) is 34.0 Å². The zero-order valence-electron chi connectivity index (χ0n) is 11.6. The molecule has 0 aromatic carbocycles. The Bertz CT molecular complexity index is 250. The predicted molar refractivity (Wildman–Crippen MR) is 86.7 cm³/mol. The van der Waals surface area contributed by atoms with Gasteiger partial charge in [0.1, 0.15) is 5.91 Å². The molecule has 0 bridgehead atoms. The van der Waals surface area contributed by atoms with Gasteiger partial charge in [-0.1, -0.05) is 34.7 Å². The molecule has 18 heavy (non-hydrogen) atoms. The highest BCUT2D eigenvalue weighted by Crippen LogP contribution is 2.13.